The Kier molecular flexibility index (Phi) is 4.20. The standard InChI is InChI=1S/C18H20N4O2/c1-18(2,3)15-11-20-16(24-15)12-21-17(23)14-10-13(6-7-19-14)22-8-4-5-9-22/h4-11H,12H2,1-3H3,(H,21,23). The third kappa shape index (κ3) is 3.53. The fourth-order valence-corrected chi connectivity index (χ4v) is 2.20. The second-order valence-electron chi connectivity index (χ2n) is 6.54. The summed E-state index contributed by atoms with van der Waals surface area (Å²) in [6.07, 6.45) is 7.15. The van der Waals surface area contributed by atoms with Crippen molar-refractivity contribution < 1.29 is 9.21 Å². The maximum absolute atomic E-state index is 12.3. The van der Waals surface area contributed by atoms with Gasteiger partial charge in [-0.2, -0.15) is 0 Å². The van der Waals surface area contributed by atoms with Crippen LogP contribution in [-0.2, 0) is 12.0 Å². The molecule has 0 aliphatic rings. The number of carbonyl (C=O) groups excluding carboxylic acids is 1. The summed E-state index contributed by atoms with van der Waals surface area (Å²) in [6, 6.07) is 7.44. The van der Waals surface area contributed by atoms with Gasteiger partial charge in [0.1, 0.15) is 11.5 Å². The van der Waals surface area contributed by atoms with Gasteiger partial charge in [0.05, 0.1) is 12.7 Å². The van der Waals surface area contributed by atoms with Crippen molar-refractivity contribution in [3.63, 3.8) is 0 Å². The molecule has 0 saturated heterocycles. The smallest absolute Gasteiger partial charge is 0.270 e. The monoisotopic (exact) mass is 324 g/mol. The summed E-state index contributed by atoms with van der Waals surface area (Å²) < 4.78 is 7.59. The molecule has 3 heterocycles. The van der Waals surface area contributed by atoms with Crippen molar-refractivity contribution in [1.29, 1.82) is 0 Å². The zero-order chi connectivity index (χ0) is 17.2. The maximum Gasteiger partial charge on any atom is 0.270 e. The Hall–Kier alpha value is -2.89. The van der Waals surface area contributed by atoms with Crippen LogP contribution in [0.5, 0.6) is 0 Å². The fraction of sp³-hybridized carbons (Fsp3) is 0.278. The van der Waals surface area contributed by atoms with Crippen LogP contribution in [0.4, 0.5) is 0 Å². The topological polar surface area (TPSA) is 73.0 Å². The molecule has 0 atom stereocenters. The molecule has 1 N–H and O–H groups in total. The van der Waals surface area contributed by atoms with Gasteiger partial charge in [0, 0.05) is 29.7 Å². The lowest BCUT2D eigenvalue weighted by Crippen LogP contribution is -2.24. The summed E-state index contributed by atoms with van der Waals surface area (Å²) in [5.41, 5.74) is 1.12. The van der Waals surface area contributed by atoms with Gasteiger partial charge >= 0.3 is 0 Å². The first-order valence-electron chi connectivity index (χ1n) is 7.76. The molecule has 0 aliphatic carbocycles. The van der Waals surface area contributed by atoms with Crippen molar-refractivity contribution >= 4 is 5.91 Å². The van der Waals surface area contributed by atoms with Crippen LogP contribution in [-0.4, -0.2) is 20.4 Å². The van der Waals surface area contributed by atoms with Crippen LogP contribution in [0.1, 0.15) is 42.9 Å². The summed E-state index contributed by atoms with van der Waals surface area (Å²) in [4.78, 5) is 20.6. The minimum Gasteiger partial charge on any atom is -0.443 e. The van der Waals surface area contributed by atoms with Gasteiger partial charge in [0.2, 0.25) is 5.89 Å². The highest BCUT2D eigenvalue weighted by molar-refractivity contribution is 5.92. The highest BCUT2D eigenvalue weighted by Crippen LogP contribution is 2.22. The SMILES string of the molecule is CC(C)(C)c1cnc(CNC(=O)c2cc(-n3cccc3)ccn2)o1. The molecule has 6 nitrogen and oxygen atoms in total. The third-order valence-corrected chi connectivity index (χ3v) is 3.57. The van der Waals surface area contributed by atoms with Crippen LogP contribution in [0, 0.1) is 0 Å². The highest BCUT2D eigenvalue weighted by Gasteiger charge is 2.19. The van der Waals surface area contributed by atoms with Crippen molar-refractivity contribution in [3.05, 3.63) is 66.4 Å². The van der Waals surface area contributed by atoms with E-state index in [1.165, 1.54) is 0 Å². The molecule has 0 aromatic carbocycles. The molecule has 6 heteroatoms. The van der Waals surface area contributed by atoms with Crippen molar-refractivity contribution in [1.82, 2.24) is 19.9 Å². The third-order valence-electron chi connectivity index (χ3n) is 3.57. The number of carbonyl (C=O) groups is 1. The largest absolute Gasteiger partial charge is 0.443 e. The summed E-state index contributed by atoms with van der Waals surface area (Å²) >= 11 is 0. The lowest BCUT2D eigenvalue weighted by molar-refractivity contribution is 0.0942. The zero-order valence-corrected chi connectivity index (χ0v) is 14.0. The van der Waals surface area contributed by atoms with Crippen LogP contribution in [0.25, 0.3) is 5.69 Å². The zero-order valence-electron chi connectivity index (χ0n) is 14.0. The van der Waals surface area contributed by atoms with E-state index >= 15 is 0 Å². The fourth-order valence-electron chi connectivity index (χ4n) is 2.20. The molecule has 0 bridgehead atoms. The molecule has 0 aliphatic heterocycles. The van der Waals surface area contributed by atoms with E-state index < -0.39 is 0 Å². The molecule has 124 valence electrons. The Balaban J connectivity index is 1.67. The van der Waals surface area contributed by atoms with Crippen LogP contribution >= 0.6 is 0 Å². The number of aromatic nitrogens is 3. The maximum atomic E-state index is 12.3. The van der Waals surface area contributed by atoms with E-state index in [2.05, 4.69) is 15.3 Å². The van der Waals surface area contributed by atoms with Gasteiger partial charge in [-0.25, -0.2) is 4.98 Å². The van der Waals surface area contributed by atoms with E-state index in [-0.39, 0.29) is 17.9 Å². The summed E-state index contributed by atoms with van der Waals surface area (Å²) in [5.74, 6) is 1.01. The number of nitrogens with zero attached hydrogens (tertiary/aromatic N) is 3. The highest BCUT2D eigenvalue weighted by atomic mass is 16.4. The van der Waals surface area contributed by atoms with E-state index in [1.807, 2.05) is 55.9 Å². The molecule has 3 aromatic rings. The van der Waals surface area contributed by atoms with Gasteiger partial charge in [-0.15, -0.1) is 0 Å². The van der Waals surface area contributed by atoms with E-state index in [0.717, 1.165) is 11.4 Å². The van der Waals surface area contributed by atoms with Gasteiger partial charge < -0.3 is 14.3 Å². The van der Waals surface area contributed by atoms with Crippen LogP contribution < -0.4 is 5.32 Å². The lowest BCUT2D eigenvalue weighted by atomic mass is 9.94. The molecular weight excluding hydrogens is 304 g/mol. The average molecular weight is 324 g/mol. The number of nitrogens with one attached hydrogen (secondary N) is 1. The molecule has 3 aromatic heterocycles. The normalized spacial score (nSPS) is 11.5. The van der Waals surface area contributed by atoms with Gasteiger partial charge in [-0.3, -0.25) is 9.78 Å². The Bertz CT molecular complexity index is 829. The summed E-state index contributed by atoms with van der Waals surface area (Å²) in [5, 5.41) is 2.79. The molecule has 0 saturated carbocycles. The first-order chi connectivity index (χ1) is 11.4. The predicted molar refractivity (Wildman–Crippen MR) is 89.9 cm³/mol. The second kappa shape index (κ2) is 6.31. The van der Waals surface area contributed by atoms with Crippen molar-refractivity contribution in [2.24, 2.45) is 0 Å². The van der Waals surface area contributed by atoms with Crippen LogP contribution in [0.2, 0.25) is 0 Å². The van der Waals surface area contributed by atoms with Gasteiger partial charge in [0.15, 0.2) is 0 Å². The molecule has 24 heavy (non-hydrogen) atoms. The predicted octanol–water partition coefficient (Wildman–Crippen LogP) is 3.09. The van der Waals surface area contributed by atoms with Crippen LogP contribution in [0.3, 0.4) is 0 Å². The Morgan fingerprint density at radius 2 is 2.00 bits per heavy atom. The quantitative estimate of drug-likeness (QED) is 0.800. The minimum absolute atomic E-state index is 0.109. The second-order valence-corrected chi connectivity index (χ2v) is 6.54. The molecular formula is C18H20N4O2. The van der Waals surface area contributed by atoms with Crippen LogP contribution in [0.15, 0.2) is 53.5 Å². The van der Waals surface area contributed by atoms with E-state index in [9.17, 15) is 4.79 Å². The molecule has 0 radical (unpaired) electrons. The lowest BCUT2D eigenvalue weighted by Gasteiger charge is -2.13. The van der Waals surface area contributed by atoms with E-state index in [1.54, 1.807) is 18.5 Å². The number of rotatable bonds is 4. The summed E-state index contributed by atoms with van der Waals surface area (Å²) in [7, 11) is 0. The molecule has 3 rings (SSSR count). The van der Waals surface area contributed by atoms with Gasteiger partial charge in [0.25, 0.3) is 5.91 Å². The molecule has 0 spiro atoms. The van der Waals surface area contributed by atoms with Crippen molar-refractivity contribution in [2.75, 3.05) is 0 Å². The molecule has 1 amide bonds. The first kappa shape index (κ1) is 16.0. The van der Waals surface area contributed by atoms with Gasteiger partial charge in [-0.05, 0) is 24.3 Å². The minimum atomic E-state index is -0.264. The molecule has 0 fully saturated rings. The molecule has 0 unspecified atom stereocenters. The number of pyridine rings is 1. The Morgan fingerprint density at radius 3 is 2.67 bits per heavy atom. The van der Waals surface area contributed by atoms with Gasteiger partial charge in [-0.1, -0.05) is 20.8 Å². The van der Waals surface area contributed by atoms with E-state index in [4.69, 9.17) is 4.42 Å². The van der Waals surface area contributed by atoms with E-state index in [0.29, 0.717) is 11.6 Å². The number of hydrogen-bond donors (Lipinski definition) is 1. The Morgan fingerprint density at radius 1 is 1.25 bits per heavy atom. The average Bonchev–Trinajstić information content (AvgIpc) is 3.23. The van der Waals surface area contributed by atoms with Crippen molar-refractivity contribution in [3.8, 4) is 5.69 Å². The van der Waals surface area contributed by atoms with Crippen molar-refractivity contribution in [2.45, 2.75) is 32.7 Å². The first-order valence-corrected chi connectivity index (χ1v) is 7.76. The number of oxazole rings is 1. The number of hydrogen-bond acceptors (Lipinski definition) is 4. The summed E-state index contributed by atoms with van der Waals surface area (Å²) in [6.45, 7) is 6.37. The Labute approximate surface area is 140 Å². The number of amides is 1.